The molecule has 7 heteroatoms. The van der Waals surface area contributed by atoms with Crippen LogP contribution >= 0.6 is 0 Å². The molecule has 2 amide bonds. The summed E-state index contributed by atoms with van der Waals surface area (Å²) in [6.07, 6.45) is 2.98. The Hall–Kier alpha value is -3.71. The van der Waals surface area contributed by atoms with Gasteiger partial charge in [-0.1, -0.05) is 30.3 Å². The zero-order valence-electron chi connectivity index (χ0n) is 20.6. The largest absolute Gasteiger partial charge is 0.497 e. The molecular weight excluding hydrogens is 454 g/mol. The van der Waals surface area contributed by atoms with Gasteiger partial charge in [0.15, 0.2) is 0 Å². The van der Waals surface area contributed by atoms with Gasteiger partial charge in [0.25, 0.3) is 5.91 Å². The molecule has 1 N–H and O–H groups in total. The lowest BCUT2D eigenvalue weighted by Crippen LogP contribution is -2.51. The summed E-state index contributed by atoms with van der Waals surface area (Å²) in [5.41, 5.74) is 3.48. The minimum Gasteiger partial charge on any atom is -0.497 e. The SMILES string of the molecule is COc1ccc(C(=O)N2CCC3(CC2)c2ccccc2[C@H](NC(C)=O)[C@H]3OCc2ccccn2)cc1. The third-order valence-electron chi connectivity index (χ3n) is 7.46. The number of pyridine rings is 1. The fourth-order valence-electron chi connectivity index (χ4n) is 5.72. The van der Waals surface area contributed by atoms with Gasteiger partial charge >= 0.3 is 0 Å². The number of rotatable bonds is 6. The Morgan fingerprint density at radius 2 is 1.75 bits per heavy atom. The smallest absolute Gasteiger partial charge is 0.253 e. The Morgan fingerprint density at radius 3 is 2.42 bits per heavy atom. The molecule has 1 aliphatic carbocycles. The Morgan fingerprint density at radius 1 is 1.03 bits per heavy atom. The molecule has 1 fully saturated rings. The van der Waals surface area contributed by atoms with Crippen LogP contribution in [0.4, 0.5) is 0 Å². The summed E-state index contributed by atoms with van der Waals surface area (Å²) in [6.45, 7) is 3.11. The number of benzene rings is 2. The maximum Gasteiger partial charge on any atom is 0.253 e. The first-order chi connectivity index (χ1) is 17.5. The van der Waals surface area contributed by atoms with Crippen LogP contribution in [0.1, 0.15) is 53.0 Å². The van der Waals surface area contributed by atoms with Crippen LogP contribution < -0.4 is 10.1 Å². The quantitative estimate of drug-likeness (QED) is 0.570. The number of carbonyl (C=O) groups is 2. The number of carbonyl (C=O) groups excluding carboxylic acids is 2. The Bertz CT molecular complexity index is 1220. The van der Waals surface area contributed by atoms with Gasteiger partial charge in [0.2, 0.25) is 5.91 Å². The lowest BCUT2D eigenvalue weighted by Gasteiger charge is -2.44. The summed E-state index contributed by atoms with van der Waals surface area (Å²) >= 11 is 0. The van der Waals surface area contributed by atoms with Crippen molar-refractivity contribution in [3.8, 4) is 5.75 Å². The van der Waals surface area contributed by atoms with E-state index >= 15 is 0 Å². The molecule has 186 valence electrons. The number of fused-ring (bicyclic) bond motifs is 2. The fraction of sp³-hybridized carbons (Fsp3) is 0.345. The first-order valence-corrected chi connectivity index (χ1v) is 12.3. The molecule has 0 unspecified atom stereocenters. The van der Waals surface area contributed by atoms with E-state index in [0.717, 1.165) is 29.8 Å². The molecule has 2 heterocycles. The summed E-state index contributed by atoms with van der Waals surface area (Å²) < 4.78 is 11.8. The molecule has 0 saturated carbocycles. The first kappa shape index (κ1) is 24.0. The van der Waals surface area contributed by atoms with Crippen LogP contribution in [-0.4, -0.2) is 48.0 Å². The van der Waals surface area contributed by atoms with E-state index < -0.39 is 0 Å². The van der Waals surface area contributed by atoms with Crippen LogP contribution in [0.15, 0.2) is 72.9 Å². The average Bonchev–Trinajstić information content (AvgIpc) is 3.16. The van der Waals surface area contributed by atoms with Crippen molar-refractivity contribution in [2.75, 3.05) is 20.2 Å². The Balaban J connectivity index is 1.41. The van der Waals surface area contributed by atoms with Crippen LogP contribution in [0.5, 0.6) is 5.75 Å². The predicted molar refractivity (Wildman–Crippen MR) is 136 cm³/mol. The maximum absolute atomic E-state index is 13.2. The lowest BCUT2D eigenvalue weighted by molar-refractivity contribution is -0.122. The number of likely N-dealkylation sites (tertiary alicyclic amines) is 1. The molecule has 1 saturated heterocycles. The summed E-state index contributed by atoms with van der Waals surface area (Å²) in [4.78, 5) is 31.8. The summed E-state index contributed by atoms with van der Waals surface area (Å²) in [7, 11) is 1.61. The van der Waals surface area contributed by atoms with E-state index in [2.05, 4.69) is 22.4 Å². The van der Waals surface area contributed by atoms with Gasteiger partial charge in [0, 0.05) is 37.2 Å². The van der Waals surface area contributed by atoms with E-state index in [-0.39, 0.29) is 29.4 Å². The number of methoxy groups -OCH3 is 1. The highest BCUT2D eigenvalue weighted by atomic mass is 16.5. The zero-order chi connectivity index (χ0) is 25.1. The standard InChI is InChI=1S/C29H31N3O4/c1-20(33)31-26-24-8-3-4-9-25(24)29(27(26)36-19-22-7-5-6-16-30-22)14-17-32(18-15-29)28(34)21-10-12-23(35-2)13-11-21/h3-13,16,26-27H,14-15,17-19H2,1-2H3,(H,31,33)/t26-,27+/m0/s1. The van der Waals surface area contributed by atoms with Gasteiger partial charge in [-0.05, 0) is 60.4 Å². The lowest BCUT2D eigenvalue weighted by atomic mass is 9.71. The van der Waals surface area contributed by atoms with E-state index in [1.54, 1.807) is 20.2 Å². The van der Waals surface area contributed by atoms with Crippen molar-refractivity contribution in [2.24, 2.45) is 0 Å². The predicted octanol–water partition coefficient (Wildman–Crippen LogP) is 4.04. The van der Waals surface area contributed by atoms with Gasteiger partial charge in [-0.15, -0.1) is 0 Å². The number of ether oxygens (including phenoxy) is 2. The molecule has 2 aromatic carbocycles. The molecule has 0 bridgehead atoms. The summed E-state index contributed by atoms with van der Waals surface area (Å²) in [5.74, 6) is 0.650. The van der Waals surface area contributed by atoms with Crippen LogP contribution in [0.3, 0.4) is 0 Å². The molecule has 1 aromatic heterocycles. The number of nitrogens with zero attached hydrogens (tertiary/aromatic N) is 2. The van der Waals surface area contributed by atoms with Crippen LogP contribution in [0.2, 0.25) is 0 Å². The topological polar surface area (TPSA) is 80.8 Å². The number of aromatic nitrogens is 1. The highest BCUT2D eigenvalue weighted by Gasteiger charge is 2.54. The molecule has 3 aromatic rings. The minimum atomic E-state index is -0.310. The summed E-state index contributed by atoms with van der Waals surface area (Å²) in [5, 5.41) is 3.15. The van der Waals surface area contributed by atoms with Crippen molar-refractivity contribution in [3.63, 3.8) is 0 Å². The fourth-order valence-corrected chi connectivity index (χ4v) is 5.72. The van der Waals surface area contributed by atoms with Gasteiger partial charge in [-0.2, -0.15) is 0 Å². The average molecular weight is 486 g/mol. The highest BCUT2D eigenvalue weighted by Crippen LogP contribution is 2.52. The van der Waals surface area contributed by atoms with Crippen molar-refractivity contribution in [1.29, 1.82) is 0 Å². The molecule has 1 aliphatic heterocycles. The minimum absolute atomic E-state index is 0.0168. The third-order valence-corrected chi connectivity index (χ3v) is 7.46. The van der Waals surface area contributed by atoms with Crippen molar-refractivity contribution in [1.82, 2.24) is 15.2 Å². The molecule has 5 rings (SSSR count). The molecular formula is C29H31N3O4. The van der Waals surface area contributed by atoms with Crippen LogP contribution in [-0.2, 0) is 21.6 Å². The number of nitrogens with one attached hydrogen (secondary N) is 1. The first-order valence-electron chi connectivity index (χ1n) is 12.3. The monoisotopic (exact) mass is 485 g/mol. The number of piperidine rings is 1. The van der Waals surface area contributed by atoms with Crippen LogP contribution in [0.25, 0.3) is 0 Å². The Kier molecular flexibility index (Phi) is 6.74. The highest BCUT2D eigenvalue weighted by molar-refractivity contribution is 5.94. The Labute approximate surface area is 211 Å². The van der Waals surface area contributed by atoms with Crippen molar-refractivity contribution in [3.05, 3.63) is 95.3 Å². The number of hydrogen-bond donors (Lipinski definition) is 1. The normalized spacial score (nSPS) is 20.1. The second-order valence-corrected chi connectivity index (χ2v) is 9.49. The van der Waals surface area contributed by atoms with Gasteiger partial charge in [-0.25, -0.2) is 0 Å². The number of amides is 2. The van der Waals surface area contributed by atoms with Gasteiger partial charge in [0.05, 0.1) is 31.6 Å². The van der Waals surface area contributed by atoms with Crippen molar-refractivity contribution in [2.45, 2.75) is 43.9 Å². The second-order valence-electron chi connectivity index (χ2n) is 9.49. The molecule has 1 spiro atoms. The van der Waals surface area contributed by atoms with Gasteiger partial charge in [0.1, 0.15) is 5.75 Å². The van der Waals surface area contributed by atoms with E-state index in [1.807, 2.05) is 59.5 Å². The van der Waals surface area contributed by atoms with Crippen molar-refractivity contribution >= 4 is 11.8 Å². The number of hydrogen-bond acceptors (Lipinski definition) is 5. The van der Waals surface area contributed by atoms with Gasteiger partial charge in [-0.3, -0.25) is 14.6 Å². The van der Waals surface area contributed by atoms with E-state index in [0.29, 0.717) is 25.3 Å². The van der Waals surface area contributed by atoms with E-state index in [9.17, 15) is 9.59 Å². The second kappa shape index (κ2) is 10.1. The molecule has 0 radical (unpaired) electrons. The van der Waals surface area contributed by atoms with E-state index in [1.165, 1.54) is 5.56 Å². The molecule has 2 atom stereocenters. The molecule has 7 nitrogen and oxygen atoms in total. The maximum atomic E-state index is 13.2. The molecule has 2 aliphatic rings. The van der Waals surface area contributed by atoms with Crippen molar-refractivity contribution < 1.29 is 19.1 Å². The zero-order valence-corrected chi connectivity index (χ0v) is 20.6. The van der Waals surface area contributed by atoms with Gasteiger partial charge < -0.3 is 19.7 Å². The van der Waals surface area contributed by atoms with E-state index in [4.69, 9.17) is 9.47 Å². The van der Waals surface area contributed by atoms with Crippen LogP contribution in [0, 0.1) is 0 Å². The third kappa shape index (κ3) is 4.46. The molecule has 36 heavy (non-hydrogen) atoms. The summed E-state index contributed by atoms with van der Waals surface area (Å²) in [6, 6.07) is 21.0.